The van der Waals surface area contributed by atoms with Gasteiger partial charge in [-0.1, -0.05) is 23.7 Å². The molecule has 1 aliphatic carbocycles. The third kappa shape index (κ3) is 2.38. The minimum absolute atomic E-state index is 0.0862. The summed E-state index contributed by atoms with van der Waals surface area (Å²) in [6, 6.07) is 6.85. The molecule has 0 unspecified atom stereocenters. The van der Waals surface area contributed by atoms with Gasteiger partial charge in [0, 0.05) is 18.0 Å². The highest BCUT2D eigenvalue weighted by atomic mass is 35.5. The van der Waals surface area contributed by atoms with Crippen molar-refractivity contribution in [3.05, 3.63) is 34.9 Å². The molecule has 1 saturated carbocycles. The van der Waals surface area contributed by atoms with Crippen molar-refractivity contribution in [2.75, 3.05) is 13.1 Å². The molecule has 2 fully saturated rings. The van der Waals surface area contributed by atoms with E-state index in [1.165, 1.54) is 0 Å². The summed E-state index contributed by atoms with van der Waals surface area (Å²) in [5.41, 5.74) is -2.85. The van der Waals surface area contributed by atoms with Crippen molar-refractivity contribution in [3.63, 3.8) is 0 Å². The number of amides is 1. The molecule has 120 valence electrons. The zero-order chi connectivity index (χ0) is 16.2. The molecule has 2 aliphatic rings. The first-order valence-corrected chi connectivity index (χ1v) is 7.40. The van der Waals surface area contributed by atoms with Crippen molar-refractivity contribution < 1.29 is 23.1 Å². The Hall–Kier alpha value is -1.27. The number of alkyl halides is 3. The highest BCUT2D eigenvalue weighted by Gasteiger charge is 2.61. The lowest BCUT2D eigenvalue weighted by Gasteiger charge is -2.28. The van der Waals surface area contributed by atoms with E-state index in [-0.39, 0.29) is 12.5 Å². The van der Waals surface area contributed by atoms with Gasteiger partial charge in [0.1, 0.15) is 0 Å². The Balaban J connectivity index is 1.81. The summed E-state index contributed by atoms with van der Waals surface area (Å²) in [5.74, 6) is -0.352. The monoisotopic (exact) mass is 333 g/mol. The second-order valence-corrected chi connectivity index (χ2v) is 6.53. The van der Waals surface area contributed by atoms with Crippen molar-refractivity contribution in [1.29, 1.82) is 0 Å². The van der Waals surface area contributed by atoms with E-state index in [1.807, 2.05) is 0 Å². The van der Waals surface area contributed by atoms with E-state index in [4.69, 9.17) is 11.6 Å². The van der Waals surface area contributed by atoms with Crippen LogP contribution >= 0.6 is 11.6 Å². The van der Waals surface area contributed by atoms with Crippen LogP contribution in [0.2, 0.25) is 5.02 Å². The maximum atomic E-state index is 12.9. The number of aliphatic hydroxyl groups is 1. The lowest BCUT2D eigenvalue weighted by atomic mass is 9.94. The molecule has 0 aromatic heterocycles. The Kier molecular flexibility index (Phi) is 3.45. The molecule has 3 rings (SSSR count). The molecular formula is C15H15ClF3NO2. The topological polar surface area (TPSA) is 40.5 Å². The second-order valence-electron chi connectivity index (χ2n) is 6.10. The van der Waals surface area contributed by atoms with Crippen molar-refractivity contribution in [2.45, 2.75) is 36.5 Å². The second kappa shape index (κ2) is 4.86. The van der Waals surface area contributed by atoms with Crippen molar-refractivity contribution in [3.8, 4) is 0 Å². The van der Waals surface area contributed by atoms with E-state index in [9.17, 15) is 23.1 Å². The molecule has 7 heteroatoms. The predicted molar refractivity (Wildman–Crippen MR) is 74.6 cm³/mol. The first-order chi connectivity index (χ1) is 10.2. The van der Waals surface area contributed by atoms with Crippen LogP contribution in [0.3, 0.4) is 0 Å². The van der Waals surface area contributed by atoms with E-state index in [2.05, 4.69) is 0 Å². The summed E-state index contributed by atoms with van der Waals surface area (Å²) in [7, 11) is 0. The number of hydrogen-bond acceptors (Lipinski definition) is 2. The standard InChI is InChI=1S/C15H15ClF3NO2/c16-11-3-1-2-10(8-11)13(4-5-13)12(21)20-7-6-14(22,9-20)15(17,18)19/h1-3,8,22H,4-7,9H2/t14-/m1/s1. The predicted octanol–water partition coefficient (Wildman–Crippen LogP) is 2.90. The maximum Gasteiger partial charge on any atom is 0.419 e. The largest absolute Gasteiger partial charge is 0.419 e. The number of carbonyl (C=O) groups is 1. The summed E-state index contributed by atoms with van der Waals surface area (Å²) in [6.45, 7) is -0.783. The van der Waals surface area contributed by atoms with Crippen molar-refractivity contribution >= 4 is 17.5 Å². The molecule has 1 aromatic carbocycles. The van der Waals surface area contributed by atoms with Gasteiger partial charge in [-0.3, -0.25) is 4.79 Å². The number of benzene rings is 1. The summed E-state index contributed by atoms with van der Waals surface area (Å²) in [4.78, 5) is 13.8. The van der Waals surface area contributed by atoms with Gasteiger partial charge in [0.25, 0.3) is 0 Å². The van der Waals surface area contributed by atoms with Gasteiger partial charge < -0.3 is 10.0 Å². The molecule has 1 amide bonds. The molecule has 0 bridgehead atoms. The van der Waals surface area contributed by atoms with Gasteiger partial charge in [0.15, 0.2) is 5.60 Å². The van der Waals surface area contributed by atoms with E-state index in [0.29, 0.717) is 17.9 Å². The van der Waals surface area contributed by atoms with Gasteiger partial charge in [-0.15, -0.1) is 0 Å². The van der Waals surface area contributed by atoms with Crippen LogP contribution < -0.4 is 0 Å². The van der Waals surface area contributed by atoms with Gasteiger partial charge in [-0.25, -0.2) is 0 Å². The molecule has 1 atom stereocenters. The van der Waals surface area contributed by atoms with Crippen LogP contribution in [0.4, 0.5) is 13.2 Å². The van der Waals surface area contributed by atoms with Crippen LogP contribution in [-0.2, 0) is 10.2 Å². The molecule has 1 aliphatic heterocycles. The number of halogens is 4. The fourth-order valence-electron chi connectivity index (χ4n) is 3.04. The number of hydrogen-bond donors (Lipinski definition) is 1. The lowest BCUT2D eigenvalue weighted by Crippen LogP contribution is -2.49. The van der Waals surface area contributed by atoms with Crippen molar-refractivity contribution in [1.82, 2.24) is 4.90 Å². The van der Waals surface area contributed by atoms with E-state index in [0.717, 1.165) is 10.5 Å². The molecule has 22 heavy (non-hydrogen) atoms. The molecule has 1 heterocycles. The van der Waals surface area contributed by atoms with Crippen LogP contribution in [0.1, 0.15) is 24.8 Å². The number of nitrogens with zero attached hydrogens (tertiary/aromatic N) is 1. The van der Waals surface area contributed by atoms with Gasteiger partial charge in [0.05, 0.1) is 12.0 Å². The molecule has 0 radical (unpaired) electrons. The fourth-order valence-corrected chi connectivity index (χ4v) is 3.23. The Morgan fingerprint density at radius 3 is 2.45 bits per heavy atom. The molecule has 1 aromatic rings. The van der Waals surface area contributed by atoms with Crippen LogP contribution in [0.25, 0.3) is 0 Å². The normalized spacial score (nSPS) is 27.0. The Bertz CT molecular complexity index is 615. The third-order valence-corrected chi connectivity index (χ3v) is 4.83. The summed E-state index contributed by atoms with van der Waals surface area (Å²) < 4.78 is 38.6. The zero-order valence-electron chi connectivity index (χ0n) is 11.7. The average Bonchev–Trinajstić information content (AvgIpc) is 3.14. The number of likely N-dealkylation sites (tertiary alicyclic amines) is 1. The summed E-state index contributed by atoms with van der Waals surface area (Å²) >= 11 is 5.93. The quantitative estimate of drug-likeness (QED) is 0.904. The first-order valence-electron chi connectivity index (χ1n) is 7.03. The highest BCUT2D eigenvalue weighted by molar-refractivity contribution is 6.30. The van der Waals surface area contributed by atoms with E-state index >= 15 is 0 Å². The number of rotatable bonds is 2. The smallest absolute Gasteiger partial charge is 0.379 e. The van der Waals surface area contributed by atoms with Gasteiger partial charge in [-0.2, -0.15) is 13.2 Å². The third-order valence-electron chi connectivity index (χ3n) is 4.60. The van der Waals surface area contributed by atoms with E-state index < -0.39 is 30.2 Å². The Morgan fingerprint density at radius 1 is 1.27 bits per heavy atom. The zero-order valence-corrected chi connectivity index (χ0v) is 12.4. The van der Waals surface area contributed by atoms with Crippen LogP contribution in [0.15, 0.2) is 24.3 Å². The number of β-amino-alcohol motifs (C(OH)–C–C–N with tert-alkyl or cyclic N) is 1. The summed E-state index contributed by atoms with van der Waals surface area (Å²) in [6.07, 6.45) is -4.02. The Labute approximate surface area is 130 Å². The van der Waals surface area contributed by atoms with Crippen LogP contribution in [0.5, 0.6) is 0 Å². The van der Waals surface area contributed by atoms with Gasteiger partial charge >= 0.3 is 6.18 Å². The SMILES string of the molecule is O=C(N1CC[C@](O)(C(F)(F)F)C1)C1(c2cccc(Cl)c2)CC1. The van der Waals surface area contributed by atoms with Crippen LogP contribution in [-0.4, -0.2) is 40.8 Å². The highest BCUT2D eigenvalue weighted by Crippen LogP contribution is 2.51. The maximum absolute atomic E-state index is 12.9. The van der Waals surface area contributed by atoms with E-state index in [1.54, 1.807) is 24.3 Å². The molecular weight excluding hydrogens is 319 g/mol. The Morgan fingerprint density at radius 2 is 1.95 bits per heavy atom. The van der Waals surface area contributed by atoms with Crippen molar-refractivity contribution in [2.24, 2.45) is 0 Å². The van der Waals surface area contributed by atoms with Crippen LogP contribution in [0, 0.1) is 0 Å². The summed E-state index contributed by atoms with van der Waals surface area (Å²) in [5, 5.41) is 10.2. The fraction of sp³-hybridized carbons (Fsp3) is 0.533. The minimum atomic E-state index is -4.73. The molecule has 1 N–H and O–H groups in total. The minimum Gasteiger partial charge on any atom is -0.379 e. The average molecular weight is 334 g/mol. The molecule has 3 nitrogen and oxygen atoms in total. The number of carbonyl (C=O) groups excluding carboxylic acids is 1. The first kappa shape index (κ1) is 15.6. The van der Waals surface area contributed by atoms with Gasteiger partial charge in [-0.05, 0) is 30.5 Å². The van der Waals surface area contributed by atoms with Gasteiger partial charge in [0.2, 0.25) is 5.91 Å². The molecule has 1 saturated heterocycles. The lowest BCUT2D eigenvalue weighted by molar-refractivity contribution is -0.253. The molecule has 0 spiro atoms.